The average Bonchev–Trinajstić information content (AvgIpc) is 3.43. The predicted molar refractivity (Wildman–Crippen MR) is 355 cm³/mol. The Morgan fingerprint density at radius 1 is 0.432 bits per heavy atom. The van der Waals surface area contributed by atoms with Crippen molar-refractivity contribution in [1.29, 1.82) is 0 Å². The van der Waals surface area contributed by atoms with Gasteiger partial charge in [-0.2, -0.15) is 0 Å². The number of hydrogen-bond acceptors (Lipinski definition) is 5. The van der Waals surface area contributed by atoms with Gasteiger partial charge in [0, 0.05) is 6.42 Å². The minimum atomic E-state index is -4.36. The first-order chi connectivity index (χ1) is 39.5. The summed E-state index contributed by atoms with van der Waals surface area (Å²) in [7, 11) is 1.55. The summed E-state index contributed by atoms with van der Waals surface area (Å²) in [6, 6.07) is -0.872. The number of likely N-dealkylation sites (N-methyl/N-ethyl adjacent to an activating group) is 1. The molecule has 1 amide bonds. The van der Waals surface area contributed by atoms with E-state index in [-0.39, 0.29) is 19.1 Å². The van der Waals surface area contributed by atoms with Crippen molar-refractivity contribution in [2.24, 2.45) is 0 Å². The topological polar surface area (TPSA) is 105 Å². The molecule has 3 unspecified atom stereocenters. The van der Waals surface area contributed by atoms with E-state index in [9.17, 15) is 19.4 Å². The number of nitrogens with one attached hydrogen (secondary N) is 1. The van der Waals surface area contributed by atoms with Gasteiger partial charge in [0.05, 0.1) is 39.9 Å². The molecule has 8 nitrogen and oxygen atoms in total. The highest BCUT2D eigenvalue weighted by molar-refractivity contribution is 7.47. The van der Waals surface area contributed by atoms with Crippen molar-refractivity contribution < 1.29 is 32.9 Å². The number of aliphatic hydroxyl groups excluding tert-OH is 1. The van der Waals surface area contributed by atoms with Crippen LogP contribution in [0.4, 0.5) is 0 Å². The number of carbonyl (C=O) groups is 1. The second-order valence-electron chi connectivity index (χ2n) is 24.2. The second-order valence-corrected chi connectivity index (χ2v) is 25.6. The van der Waals surface area contributed by atoms with E-state index < -0.39 is 20.0 Å². The summed E-state index contributed by atoms with van der Waals surface area (Å²) in [6.07, 6.45) is 89.9. The van der Waals surface area contributed by atoms with Crippen LogP contribution in [0.25, 0.3) is 0 Å². The van der Waals surface area contributed by atoms with E-state index in [1.54, 1.807) is 6.08 Å². The number of unbranched alkanes of at least 4 members (excludes halogenated alkanes) is 35. The normalized spacial score (nSPS) is 14.3. The Morgan fingerprint density at radius 2 is 0.753 bits per heavy atom. The molecular weight excluding hydrogens is 1020 g/mol. The van der Waals surface area contributed by atoms with Gasteiger partial charge in [0.2, 0.25) is 5.91 Å². The first-order valence-electron chi connectivity index (χ1n) is 34.1. The number of allylic oxidation sites excluding steroid dienone is 15. The van der Waals surface area contributed by atoms with E-state index in [0.717, 1.165) is 77.0 Å². The zero-order valence-electron chi connectivity index (χ0n) is 53.8. The zero-order valence-corrected chi connectivity index (χ0v) is 54.6. The average molecular weight is 1150 g/mol. The molecule has 81 heavy (non-hydrogen) atoms. The van der Waals surface area contributed by atoms with Gasteiger partial charge < -0.3 is 19.8 Å². The molecule has 3 atom stereocenters. The fourth-order valence-corrected chi connectivity index (χ4v) is 10.5. The van der Waals surface area contributed by atoms with Crippen LogP contribution in [-0.4, -0.2) is 73.4 Å². The molecular formula is C72H132N2O6P+. The van der Waals surface area contributed by atoms with Crippen molar-refractivity contribution in [3.63, 3.8) is 0 Å². The molecule has 9 heteroatoms. The fourth-order valence-electron chi connectivity index (χ4n) is 9.75. The highest BCUT2D eigenvalue weighted by atomic mass is 31.2. The third-order valence-corrected chi connectivity index (χ3v) is 16.0. The largest absolute Gasteiger partial charge is 0.472 e. The molecule has 0 heterocycles. The van der Waals surface area contributed by atoms with Crippen molar-refractivity contribution in [2.45, 2.75) is 315 Å². The summed E-state index contributed by atoms with van der Waals surface area (Å²) >= 11 is 0. The van der Waals surface area contributed by atoms with Gasteiger partial charge in [0.15, 0.2) is 0 Å². The number of rotatable bonds is 62. The quantitative estimate of drug-likeness (QED) is 0.0243. The Kier molecular flexibility index (Phi) is 60.0. The van der Waals surface area contributed by atoms with E-state index >= 15 is 0 Å². The van der Waals surface area contributed by atoms with Crippen LogP contribution >= 0.6 is 7.82 Å². The van der Waals surface area contributed by atoms with Gasteiger partial charge in [-0.05, 0) is 89.9 Å². The first kappa shape index (κ1) is 78.4. The number of quaternary nitrogens is 1. The van der Waals surface area contributed by atoms with Gasteiger partial charge in [0.1, 0.15) is 13.2 Å². The van der Waals surface area contributed by atoms with Gasteiger partial charge in [-0.3, -0.25) is 13.8 Å². The summed E-state index contributed by atoms with van der Waals surface area (Å²) in [4.78, 5) is 23.4. The lowest BCUT2D eigenvalue weighted by Crippen LogP contribution is -2.45. The molecule has 0 rings (SSSR count). The third kappa shape index (κ3) is 64.8. The minimum absolute atomic E-state index is 0.0524. The molecule has 470 valence electrons. The van der Waals surface area contributed by atoms with Gasteiger partial charge in [0.25, 0.3) is 0 Å². The lowest BCUT2D eigenvalue weighted by atomic mass is 10.0. The Hall–Kier alpha value is -2.58. The van der Waals surface area contributed by atoms with Crippen LogP contribution < -0.4 is 5.32 Å². The van der Waals surface area contributed by atoms with Gasteiger partial charge in [-0.1, -0.05) is 304 Å². The highest BCUT2D eigenvalue weighted by Crippen LogP contribution is 2.43. The highest BCUT2D eigenvalue weighted by Gasteiger charge is 2.28. The van der Waals surface area contributed by atoms with Gasteiger partial charge in [-0.25, -0.2) is 4.57 Å². The molecule has 0 aliphatic heterocycles. The number of phosphoric acid groups is 1. The van der Waals surface area contributed by atoms with E-state index in [2.05, 4.69) is 104 Å². The van der Waals surface area contributed by atoms with E-state index in [1.165, 1.54) is 205 Å². The molecule has 0 bridgehead atoms. The molecule has 0 aliphatic carbocycles. The van der Waals surface area contributed by atoms with Crippen LogP contribution in [0.1, 0.15) is 303 Å². The van der Waals surface area contributed by atoms with Crippen LogP contribution in [0.5, 0.6) is 0 Å². The number of aliphatic hydroxyl groups is 1. The maximum atomic E-state index is 13.0. The number of carbonyl (C=O) groups excluding carboxylic acids is 1. The number of nitrogens with zero attached hydrogens (tertiary/aromatic N) is 1. The molecule has 0 fully saturated rings. The van der Waals surface area contributed by atoms with Crippen molar-refractivity contribution in [1.82, 2.24) is 5.32 Å². The SMILES string of the molecule is CC/C=C\C/C=C\C/C=C\C/C=C\C/C=C\CCCCCCCCCCCCCCCCCCCCCCCCCCCC(=O)NC(COP(=O)(O)OCC[N+](C)(C)C)C(O)/C=C/CC/C=C/CC/C=C/CCCCCCCCCC. The zero-order chi connectivity index (χ0) is 59.1. The number of hydrogen-bond donors (Lipinski definition) is 3. The summed E-state index contributed by atoms with van der Waals surface area (Å²) in [5, 5.41) is 13.9. The molecule has 0 radical (unpaired) electrons. The maximum Gasteiger partial charge on any atom is 0.472 e. The molecule has 0 aromatic carbocycles. The summed E-state index contributed by atoms with van der Waals surface area (Å²) in [6.45, 7) is 4.69. The van der Waals surface area contributed by atoms with E-state index in [1.807, 2.05) is 27.2 Å². The molecule has 3 N–H and O–H groups in total. The third-order valence-electron chi connectivity index (χ3n) is 15.0. The molecule has 0 saturated carbocycles. The van der Waals surface area contributed by atoms with Gasteiger partial charge >= 0.3 is 7.82 Å². The van der Waals surface area contributed by atoms with Crippen LogP contribution in [0.3, 0.4) is 0 Å². The molecule has 0 saturated heterocycles. The lowest BCUT2D eigenvalue weighted by Gasteiger charge is -2.25. The molecule has 0 aromatic rings. The summed E-state index contributed by atoms with van der Waals surface area (Å²) < 4.78 is 23.7. The molecule has 0 aliphatic rings. The van der Waals surface area contributed by atoms with Crippen molar-refractivity contribution >= 4 is 13.7 Å². The number of phosphoric ester groups is 1. The Labute approximate surface area is 502 Å². The van der Waals surface area contributed by atoms with Crippen molar-refractivity contribution in [3.05, 3.63) is 97.2 Å². The summed E-state index contributed by atoms with van der Waals surface area (Å²) in [5.41, 5.74) is 0. The van der Waals surface area contributed by atoms with E-state index in [0.29, 0.717) is 17.4 Å². The van der Waals surface area contributed by atoms with Crippen LogP contribution in [-0.2, 0) is 18.4 Å². The maximum absolute atomic E-state index is 13.0. The number of amides is 1. The standard InChI is InChI=1S/C72H131N2O6P/c1-6-8-10-12-14-16-18-20-22-24-26-27-28-29-30-31-32-33-34-35-36-37-38-39-40-41-42-43-44-45-46-47-48-50-52-54-56-58-60-62-64-66-72(76)73-70(69-80-81(77,78)79-68-67-74(3,4)5)71(75)65-63-61-59-57-55-53-51-49-25-23-21-19-17-15-13-11-9-7-2/h8,10,14,16,20,22,25-27,29-30,49,55,57,63,65,70-71,75H,6-7,9,11-13,15,17-19,21,23-24,28,31-48,50-54,56,58-62,64,66-69H2,1-5H3,(H-,73,76,77,78)/p+1/b10-8-,16-14-,22-20-,27-26-,30-29-,49-25+,57-55+,65-63+. The van der Waals surface area contributed by atoms with Crippen LogP contribution in [0.2, 0.25) is 0 Å². The monoisotopic (exact) mass is 1150 g/mol. The van der Waals surface area contributed by atoms with Crippen LogP contribution in [0, 0.1) is 0 Å². The Balaban J connectivity index is 3.96. The second kappa shape index (κ2) is 62.0. The lowest BCUT2D eigenvalue weighted by molar-refractivity contribution is -0.870. The van der Waals surface area contributed by atoms with E-state index in [4.69, 9.17) is 9.05 Å². The van der Waals surface area contributed by atoms with Crippen LogP contribution in [0.15, 0.2) is 97.2 Å². The molecule has 0 spiro atoms. The predicted octanol–water partition coefficient (Wildman–Crippen LogP) is 21.7. The molecule has 0 aromatic heterocycles. The fraction of sp³-hybridized carbons (Fsp3) is 0.764. The first-order valence-corrected chi connectivity index (χ1v) is 35.6. The summed E-state index contributed by atoms with van der Waals surface area (Å²) in [5.74, 6) is -0.188. The van der Waals surface area contributed by atoms with Crippen molar-refractivity contribution in [2.75, 3.05) is 40.9 Å². The minimum Gasteiger partial charge on any atom is -0.387 e. The van der Waals surface area contributed by atoms with Crippen molar-refractivity contribution in [3.8, 4) is 0 Å². The van der Waals surface area contributed by atoms with Gasteiger partial charge in [-0.15, -0.1) is 0 Å². The smallest absolute Gasteiger partial charge is 0.387 e. The Bertz CT molecular complexity index is 1640. The Morgan fingerprint density at radius 3 is 1.14 bits per heavy atom.